The van der Waals surface area contributed by atoms with Crippen molar-refractivity contribution in [2.45, 2.75) is 275 Å². The largest absolute Gasteiger partial charge is 0.505 e. The van der Waals surface area contributed by atoms with Crippen LogP contribution < -0.4 is 0 Å². The van der Waals surface area contributed by atoms with Gasteiger partial charge in [0.2, 0.25) is 35.1 Å². The van der Waals surface area contributed by atoms with E-state index in [2.05, 4.69) is 29.4 Å². The van der Waals surface area contributed by atoms with Gasteiger partial charge < -0.3 is 156 Å². The number of hydrogen-bond acceptors (Lipinski definition) is 47. The number of halogens is 1. The number of rotatable bonds is 24. The number of allylic oxidation sites excluding steroid dienone is 9. The van der Waals surface area contributed by atoms with Gasteiger partial charge in [-0.05, 0) is 144 Å². The van der Waals surface area contributed by atoms with Gasteiger partial charge in [0.15, 0.2) is 77.4 Å². The van der Waals surface area contributed by atoms with Crippen LogP contribution in [0.1, 0.15) is 165 Å². The van der Waals surface area contributed by atoms with Gasteiger partial charge in [-0.1, -0.05) is 76.5 Å². The highest BCUT2D eigenvalue weighted by Gasteiger charge is 2.54. The summed E-state index contributed by atoms with van der Waals surface area (Å²) < 4.78 is 105. The van der Waals surface area contributed by atoms with Crippen LogP contribution in [0.25, 0.3) is 0 Å². The summed E-state index contributed by atoms with van der Waals surface area (Å²) in [5, 5.41) is 98.2. The minimum absolute atomic E-state index is 0.116. The van der Waals surface area contributed by atoms with Crippen LogP contribution in [0.2, 0.25) is 0 Å². The van der Waals surface area contributed by atoms with Crippen LogP contribution in [0.4, 0.5) is 0 Å². The fraction of sp³-hybridized carbons (Fsp3) is 0.571. The molecule has 4 fully saturated rings. The zero-order valence-corrected chi connectivity index (χ0v) is 81.3. The van der Waals surface area contributed by atoms with E-state index in [0.29, 0.717) is 42.8 Å². The molecule has 0 aromatic heterocycles. The van der Waals surface area contributed by atoms with Crippen molar-refractivity contribution in [2.24, 2.45) is 16.2 Å². The molecule has 4 saturated heterocycles. The number of ether oxygens (including phenoxy) is 21. The molecule has 17 atom stereocenters. The maximum absolute atomic E-state index is 12.9. The highest BCUT2D eigenvalue weighted by atomic mass is 35.5. The van der Waals surface area contributed by atoms with E-state index >= 15 is 0 Å². The zero-order chi connectivity index (χ0) is 107. The molecule has 780 valence electrons. The quantitative estimate of drug-likeness (QED) is 0.0266. The minimum Gasteiger partial charge on any atom is -0.505 e. The van der Waals surface area contributed by atoms with Crippen LogP contribution in [0.15, 0.2) is 126 Å². The molecule has 50 heteroatoms. The Labute approximate surface area is 809 Å². The highest BCUT2D eigenvalue weighted by molar-refractivity contribution is 6.64. The Kier molecular flexibility index (Phi) is 41.8. The molecule has 0 aromatic rings. The van der Waals surface area contributed by atoms with Crippen LogP contribution in [-0.4, -0.2) is 313 Å². The van der Waals surface area contributed by atoms with Gasteiger partial charge in [0.25, 0.3) is 41.9 Å². The van der Waals surface area contributed by atoms with Crippen molar-refractivity contribution in [1.82, 2.24) is 0 Å². The second kappa shape index (κ2) is 50.3. The Bertz CT molecular complexity index is 5230. The number of carbonyl (C=O) groups is 17. The van der Waals surface area contributed by atoms with Crippen molar-refractivity contribution < 1.29 is 237 Å². The Balaban J connectivity index is 0.000000263. The SMILES string of the molecule is CC(=O)OC1=C(OC(C)=O)[C@@H]([C@@H]2COC(C(=O)Cl)O2)OC1=O.CC(=O)OC1=C(OC(C)=O)[C@@H]([C@@H]2COC(C(=O)OC3CC(C)(C)C(C=C(C)C)=C(C)C3=O)O2)OC1=O.CC(C)=CC1=C(C)C(=O)C(O)CC1(C)C.CC(C)=CC1=C(C)C(=O)C(OC(=O)C2OC[C@@H]([C@H]3OC(=O)C(O)=C3O)O2)CC1(C)C.CCOC(OCC)C(=O)O.O=C1O[C@H]([C@@H](O)CO)C(O)=C1O.O=C1O[C@H]([C@@H]2COC(C(=O)O)O2)C(O)=C1O. The molecule has 12 rings (SSSR count). The first kappa shape index (κ1) is 117. The number of carbonyl (C=O) groups excluding carboxylic acids is 15. The Morgan fingerprint density at radius 3 is 1.01 bits per heavy atom. The van der Waals surface area contributed by atoms with Crippen LogP contribution in [0.5, 0.6) is 0 Å². The molecule has 0 saturated carbocycles. The molecular formula is C91H115ClO49. The van der Waals surface area contributed by atoms with E-state index in [-0.39, 0.29) is 72.5 Å². The van der Waals surface area contributed by atoms with Crippen molar-refractivity contribution in [3.8, 4) is 0 Å². The molecule has 9 aliphatic heterocycles. The lowest BCUT2D eigenvalue weighted by atomic mass is 9.70. The average molecular weight is 2030 g/mol. The minimum atomic E-state index is -1.51. The summed E-state index contributed by atoms with van der Waals surface area (Å²) >= 11 is 5.24. The van der Waals surface area contributed by atoms with E-state index in [9.17, 15) is 102 Å². The summed E-state index contributed by atoms with van der Waals surface area (Å²) in [6.07, 6.45) is -14.3. The summed E-state index contributed by atoms with van der Waals surface area (Å²) in [7, 11) is 0. The van der Waals surface area contributed by atoms with Crippen LogP contribution >= 0.6 is 11.6 Å². The lowest BCUT2D eigenvalue weighted by molar-refractivity contribution is -0.187. The second-order valence-electron chi connectivity index (χ2n) is 34.9. The maximum atomic E-state index is 12.9. The molecule has 0 radical (unpaired) electrons. The number of hydrogen-bond donors (Lipinski definition) is 11. The normalized spacial score (nSPS) is 27.5. The Morgan fingerprint density at radius 2 is 0.730 bits per heavy atom. The van der Waals surface area contributed by atoms with Gasteiger partial charge in [-0.15, -0.1) is 0 Å². The Morgan fingerprint density at radius 1 is 0.426 bits per heavy atom. The number of esters is 11. The van der Waals surface area contributed by atoms with Gasteiger partial charge in [-0.25, -0.2) is 43.2 Å². The van der Waals surface area contributed by atoms with E-state index in [4.69, 9.17) is 137 Å². The first-order valence-corrected chi connectivity index (χ1v) is 43.5. The van der Waals surface area contributed by atoms with Crippen molar-refractivity contribution in [3.63, 3.8) is 0 Å². The van der Waals surface area contributed by atoms with E-state index < -0.39 is 252 Å². The van der Waals surface area contributed by atoms with E-state index in [1.807, 2.05) is 81.4 Å². The summed E-state index contributed by atoms with van der Waals surface area (Å²) in [4.78, 5) is 196. The molecule has 9 heterocycles. The molecule has 49 nitrogen and oxygen atoms in total. The zero-order valence-electron chi connectivity index (χ0n) is 80.5. The topological polar surface area (TPSA) is 707 Å². The predicted molar refractivity (Wildman–Crippen MR) is 464 cm³/mol. The number of carboxylic acids is 2. The Hall–Kier alpha value is -12.5. The van der Waals surface area contributed by atoms with E-state index in [1.54, 1.807) is 34.6 Å². The van der Waals surface area contributed by atoms with E-state index in [1.165, 1.54) is 5.57 Å². The number of aliphatic hydroxyl groups excluding tert-OH is 9. The third-order valence-corrected chi connectivity index (χ3v) is 21.4. The lowest BCUT2D eigenvalue weighted by Gasteiger charge is -2.36. The third kappa shape index (κ3) is 30.5. The van der Waals surface area contributed by atoms with Gasteiger partial charge in [0.05, 0.1) is 33.0 Å². The standard InChI is InChI=1S/C25H30O11.C21H26O9.C13H20O2.C12H11ClO9.C8H8O8.C6H8O6.C6H12O4/c1-11(2)8-15-12(3)18(28)16(9-25(15,6)7)34-23(30)24-31-10-17(35-24)19-20(32-13(4)26)21(22(29)36-19)33-14(5)27;1-9(2)6-11-10(3)14(22)12(7-21(11,4)5)28-19(26)20-27-8-13(29-20)17-15(23)16(24)18(25)30-17;1-8(2)6-10-9(3)12(15)11(14)7-13(10,4)5;1-4(14)19-8-7(6-3-18-12(21-6)10(13)16)22-11(17)9(8)20-5(2)15;9-3-4(10)7(13)16-5(3)2-1-14-8(15-2)6(11)12;7-1-2(8)5-3(9)4(10)6(11)12-5;1-3-9-6(5(7)8)10-4-2/h8,16-17,19,24H,9-10H2,1-7H3;6,12-13,17,20,23-24H,7-8H2,1-5H3;6,11,14H,7H2,1-5H3;6-7,12H,3H2,1-2H3;2,5,8-10H,1H2,(H,11,12);2,5,7-10H,1H2;6H,3-4H2,1-2H3,(H,7,8)/t16?,17-,19+,24?;12?,13-,17+,20?;;6-,7+,12?;2-,5+,8?;2-,5+;/m00.000./s1. The van der Waals surface area contributed by atoms with Crippen LogP contribution in [0.3, 0.4) is 0 Å². The van der Waals surface area contributed by atoms with Crippen molar-refractivity contribution >= 4 is 112 Å². The molecule has 0 spiro atoms. The summed E-state index contributed by atoms with van der Waals surface area (Å²) in [5.41, 5.74) is 7.02. The first-order chi connectivity index (χ1) is 65.5. The predicted octanol–water partition coefficient (Wildman–Crippen LogP) is 4.87. The monoisotopic (exact) mass is 2030 g/mol. The van der Waals surface area contributed by atoms with Gasteiger partial charge in [-0.2, -0.15) is 0 Å². The second-order valence-corrected chi connectivity index (χ2v) is 35.3. The molecular weight excluding hydrogens is 1910 g/mol. The summed E-state index contributed by atoms with van der Waals surface area (Å²) in [6, 6.07) is 0. The maximum Gasteiger partial charge on any atom is 0.378 e. The van der Waals surface area contributed by atoms with E-state index in [0.717, 1.165) is 55.6 Å². The van der Waals surface area contributed by atoms with Crippen molar-refractivity contribution in [2.75, 3.05) is 46.2 Å². The third-order valence-electron chi connectivity index (χ3n) is 21.3. The number of ketones is 3. The van der Waals surface area contributed by atoms with Crippen LogP contribution in [0, 0.1) is 16.2 Å². The summed E-state index contributed by atoms with van der Waals surface area (Å²) in [6.45, 7) is 36.1. The molecule has 0 aromatic carbocycles. The van der Waals surface area contributed by atoms with Crippen molar-refractivity contribution in [1.29, 1.82) is 0 Å². The number of Topliss-reactive ketones (excluding diaryl/α,β-unsaturated/α-hetero) is 3. The van der Waals surface area contributed by atoms with Gasteiger partial charge in [0, 0.05) is 53.8 Å². The number of aliphatic hydroxyl groups is 9. The van der Waals surface area contributed by atoms with Gasteiger partial charge in [0.1, 0.15) is 36.6 Å². The van der Waals surface area contributed by atoms with Crippen LogP contribution in [-0.2, 0) is 181 Å². The average Bonchev–Trinajstić information content (AvgIpc) is 1.44. The van der Waals surface area contributed by atoms with Gasteiger partial charge in [-0.3, -0.25) is 38.4 Å². The molecule has 12 aliphatic rings. The number of cyclic esters (lactones) is 5. The molecule has 0 bridgehead atoms. The lowest BCUT2D eigenvalue weighted by Crippen LogP contribution is -2.41. The van der Waals surface area contributed by atoms with Crippen molar-refractivity contribution in [3.05, 3.63) is 126 Å². The number of carboxylic acid groups (broad SMARTS) is 2. The molecule has 11 N–H and O–H groups in total. The molecule has 3 aliphatic carbocycles. The fourth-order valence-electron chi connectivity index (χ4n) is 15.0. The summed E-state index contributed by atoms with van der Waals surface area (Å²) in [5.74, 6) is -20.0. The smallest absolute Gasteiger partial charge is 0.378 e. The highest BCUT2D eigenvalue weighted by Crippen LogP contribution is 2.45. The first-order valence-electron chi connectivity index (χ1n) is 43.2. The number of aliphatic carboxylic acids is 2. The van der Waals surface area contributed by atoms with Gasteiger partial charge >= 0.3 is 77.6 Å². The molecule has 7 unspecified atom stereocenters. The molecule has 141 heavy (non-hydrogen) atoms. The fourth-order valence-corrected chi connectivity index (χ4v) is 15.1. The molecule has 0 amide bonds.